The van der Waals surface area contributed by atoms with Crippen LogP contribution in [0.15, 0.2) is 35.5 Å². The quantitative estimate of drug-likeness (QED) is 0.486. The maximum atomic E-state index is 13.4. The standard InChI is InChI=1S/C19H18Cl2FN3O3/c1-18(2,3)28-17(26)25-9-19(10-25,24-27)12-7-15(23-16(21)8-12)11-4-5-14(22)13(20)6-11/h4-8H,9-10H2,1-3H3. The van der Waals surface area contributed by atoms with Crippen LogP contribution >= 0.6 is 23.2 Å². The number of carbonyl (C=O) groups excluding carboxylic acids is 1. The Labute approximate surface area is 171 Å². The molecule has 0 bridgehead atoms. The molecule has 28 heavy (non-hydrogen) atoms. The first-order valence-electron chi connectivity index (χ1n) is 8.49. The molecule has 2 heterocycles. The van der Waals surface area contributed by atoms with Gasteiger partial charge >= 0.3 is 6.09 Å². The number of ether oxygens (including phenoxy) is 1. The first kappa shape index (κ1) is 20.5. The van der Waals surface area contributed by atoms with E-state index >= 15 is 0 Å². The average Bonchev–Trinajstić information content (AvgIpc) is 2.55. The summed E-state index contributed by atoms with van der Waals surface area (Å²) in [5, 5.41) is 3.35. The van der Waals surface area contributed by atoms with Crippen molar-refractivity contribution in [1.82, 2.24) is 9.88 Å². The van der Waals surface area contributed by atoms with Crippen molar-refractivity contribution in [2.75, 3.05) is 13.1 Å². The SMILES string of the molecule is CC(C)(C)OC(=O)N1CC(N=O)(c2cc(Cl)nc(-c3ccc(F)c(Cl)c3)c2)C1. The van der Waals surface area contributed by atoms with Gasteiger partial charge in [0.2, 0.25) is 0 Å². The van der Waals surface area contributed by atoms with E-state index in [1.54, 1.807) is 26.8 Å². The van der Waals surface area contributed by atoms with Crippen LogP contribution in [-0.2, 0) is 10.3 Å². The Morgan fingerprint density at radius 3 is 2.50 bits per heavy atom. The maximum absolute atomic E-state index is 13.4. The lowest BCUT2D eigenvalue weighted by Crippen LogP contribution is -2.60. The van der Waals surface area contributed by atoms with Crippen molar-refractivity contribution < 1.29 is 13.9 Å². The summed E-state index contributed by atoms with van der Waals surface area (Å²) in [6.07, 6.45) is -0.516. The minimum Gasteiger partial charge on any atom is -0.444 e. The van der Waals surface area contributed by atoms with Gasteiger partial charge in [-0.2, -0.15) is 0 Å². The van der Waals surface area contributed by atoms with Gasteiger partial charge in [-0.1, -0.05) is 28.4 Å². The van der Waals surface area contributed by atoms with Gasteiger partial charge in [-0.05, 0) is 56.7 Å². The van der Waals surface area contributed by atoms with Gasteiger partial charge in [-0.25, -0.2) is 14.2 Å². The number of hydrogen-bond donors (Lipinski definition) is 0. The molecule has 1 aromatic heterocycles. The van der Waals surface area contributed by atoms with Crippen LogP contribution in [0.25, 0.3) is 11.3 Å². The number of nitroso groups, excluding NO2 is 1. The Hall–Kier alpha value is -2.25. The topological polar surface area (TPSA) is 71.9 Å². The minimum absolute atomic E-state index is 0.0520. The van der Waals surface area contributed by atoms with Crippen molar-refractivity contribution in [2.24, 2.45) is 5.18 Å². The number of rotatable bonds is 3. The molecule has 1 fully saturated rings. The Bertz CT molecular complexity index is 941. The normalized spacial score (nSPS) is 15.7. The zero-order chi connectivity index (χ0) is 20.7. The lowest BCUT2D eigenvalue weighted by Gasteiger charge is -2.45. The number of benzene rings is 1. The third kappa shape index (κ3) is 4.10. The molecule has 148 valence electrons. The summed E-state index contributed by atoms with van der Waals surface area (Å²) in [5.41, 5.74) is -0.318. The van der Waals surface area contributed by atoms with Gasteiger partial charge in [-0.15, -0.1) is 4.91 Å². The van der Waals surface area contributed by atoms with E-state index in [9.17, 15) is 14.1 Å². The van der Waals surface area contributed by atoms with Gasteiger partial charge in [-0.3, -0.25) is 0 Å². The van der Waals surface area contributed by atoms with Crippen LogP contribution in [0.5, 0.6) is 0 Å². The predicted octanol–water partition coefficient (Wildman–Crippen LogP) is 5.41. The smallest absolute Gasteiger partial charge is 0.410 e. The molecule has 0 saturated carbocycles. The Balaban J connectivity index is 1.88. The van der Waals surface area contributed by atoms with E-state index in [2.05, 4.69) is 10.2 Å². The van der Waals surface area contributed by atoms with Crippen LogP contribution < -0.4 is 0 Å². The predicted molar refractivity (Wildman–Crippen MR) is 105 cm³/mol. The van der Waals surface area contributed by atoms with Crippen molar-refractivity contribution in [3.8, 4) is 11.3 Å². The Morgan fingerprint density at radius 2 is 1.93 bits per heavy atom. The molecule has 0 atom stereocenters. The lowest BCUT2D eigenvalue weighted by molar-refractivity contribution is -0.00864. The van der Waals surface area contributed by atoms with Crippen LogP contribution in [0.3, 0.4) is 0 Å². The molecule has 0 N–H and O–H groups in total. The summed E-state index contributed by atoms with van der Waals surface area (Å²) in [5.74, 6) is -0.550. The molecule has 9 heteroatoms. The molecule has 6 nitrogen and oxygen atoms in total. The molecule has 0 aliphatic carbocycles. The summed E-state index contributed by atoms with van der Waals surface area (Å²) in [6.45, 7) is 5.42. The van der Waals surface area contributed by atoms with Crippen LogP contribution in [0.1, 0.15) is 26.3 Å². The van der Waals surface area contributed by atoms with Crippen LogP contribution in [0.2, 0.25) is 10.2 Å². The van der Waals surface area contributed by atoms with Crippen LogP contribution in [-0.4, -0.2) is 34.7 Å². The molecule has 1 aliphatic heterocycles. The fourth-order valence-corrected chi connectivity index (χ4v) is 3.29. The van der Waals surface area contributed by atoms with Crippen molar-refractivity contribution in [1.29, 1.82) is 0 Å². The van der Waals surface area contributed by atoms with Gasteiger partial charge in [0.05, 0.1) is 23.8 Å². The molecule has 3 rings (SSSR count). The molecule has 0 spiro atoms. The highest BCUT2D eigenvalue weighted by atomic mass is 35.5. The summed E-state index contributed by atoms with van der Waals surface area (Å²) in [6, 6.07) is 7.33. The van der Waals surface area contributed by atoms with E-state index in [-0.39, 0.29) is 23.3 Å². The van der Waals surface area contributed by atoms with Crippen LogP contribution in [0, 0.1) is 10.7 Å². The average molecular weight is 426 g/mol. The van der Waals surface area contributed by atoms with E-state index in [0.717, 1.165) is 0 Å². The molecular formula is C19H18Cl2FN3O3. The second kappa shape index (κ2) is 7.29. The summed E-state index contributed by atoms with van der Waals surface area (Å²) in [4.78, 5) is 29.4. The lowest BCUT2D eigenvalue weighted by atomic mass is 9.83. The second-order valence-electron chi connectivity index (χ2n) is 7.65. The molecule has 2 aromatic rings. The monoisotopic (exact) mass is 425 g/mol. The number of amides is 1. The minimum atomic E-state index is -1.15. The van der Waals surface area contributed by atoms with Gasteiger partial charge in [0.15, 0.2) is 5.54 Å². The summed E-state index contributed by atoms with van der Waals surface area (Å²) >= 11 is 12.0. The third-order valence-electron chi connectivity index (χ3n) is 4.28. The van der Waals surface area contributed by atoms with E-state index in [1.807, 2.05) is 0 Å². The Morgan fingerprint density at radius 1 is 1.25 bits per heavy atom. The number of pyridine rings is 1. The van der Waals surface area contributed by atoms with Gasteiger partial charge in [0.1, 0.15) is 16.6 Å². The highest BCUT2D eigenvalue weighted by molar-refractivity contribution is 6.31. The largest absolute Gasteiger partial charge is 0.444 e. The first-order valence-corrected chi connectivity index (χ1v) is 9.24. The summed E-state index contributed by atoms with van der Waals surface area (Å²) < 4.78 is 18.7. The fraction of sp³-hybridized carbons (Fsp3) is 0.368. The number of halogens is 3. The maximum Gasteiger partial charge on any atom is 0.410 e. The third-order valence-corrected chi connectivity index (χ3v) is 4.76. The summed E-state index contributed by atoms with van der Waals surface area (Å²) in [7, 11) is 0. The zero-order valence-corrected chi connectivity index (χ0v) is 17.0. The Kier molecular flexibility index (Phi) is 5.34. The molecule has 1 aliphatic rings. The molecular weight excluding hydrogens is 408 g/mol. The van der Waals surface area contributed by atoms with Crippen molar-refractivity contribution in [2.45, 2.75) is 31.9 Å². The van der Waals surface area contributed by atoms with E-state index in [0.29, 0.717) is 16.8 Å². The van der Waals surface area contributed by atoms with Crippen molar-refractivity contribution >= 4 is 29.3 Å². The van der Waals surface area contributed by atoms with Crippen LogP contribution in [0.4, 0.5) is 9.18 Å². The number of aromatic nitrogens is 1. The number of nitrogens with zero attached hydrogens (tertiary/aromatic N) is 3. The highest BCUT2D eigenvalue weighted by Crippen LogP contribution is 2.39. The molecule has 1 amide bonds. The van der Waals surface area contributed by atoms with Crippen molar-refractivity contribution in [3.05, 3.63) is 56.8 Å². The van der Waals surface area contributed by atoms with Gasteiger partial charge in [0, 0.05) is 5.56 Å². The zero-order valence-electron chi connectivity index (χ0n) is 15.5. The number of hydrogen-bond acceptors (Lipinski definition) is 5. The molecule has 1 aromatic carbocycles. The van der Waals surface area contributed by atoms with E-state index in [1.165, 1.54) is 29.2 Å². The number of likely N-dealkylation sites (tertiary alicyclic amines) is 1. The molecule has 0 radical (unpaired) electrons. The molecule has 0 unspecified atom stereocenters. The molecule has 1 saturated heterocycles. The first-order chi connectivity index (χ1) is 13.0. The van der Waals surface area contributed by atoms with Gasteiger partial charge < -0.3 is 9.64 Å². The van der Waals surface area contributed by atoms with E-state index < -0.39 is 23.1 Å². The second-order valence-corrected chi connectivity index (χ2v) is 8.45. The number of carbonyl (C=O) groups is 1. The highest BCUT2D eigenvalue weighted by Gasteiger charge is 2.50. The van der Waals surface area contributed by atoms with Gasteiger partial charge in [0.25, 0.3) is 0 Å². The van der Waals surface area contributed by atoms with E-state index in [4.69, 9.17) is 27.9 Å². The fourth-order valence-electron chi connectivity index (χ4n) is 2.90. The van der Waals surface area contributed by atoms with Crippen molar-refractivity contribution in [3.63, 3.8) is 0 Å².